The molecule has 0 amide bonds. The lowest BCUT2D eigenvalue weighted by molar-refractivity contribution is 0.589. The highest BCUT2D eigenvalue weighted by Crippen LogP contribution is 2.41. The fourth-order valence-electron chi connectivity index (χ4n) is 5.21. The van der Waals surface area contributed by atoms with Crippen LogP contribution in [-0.2, 0) is 5.41 Å². The van der Waals surface area contributed by atoms with Crippen LogP contribution in [0, 0.1) is 13.8 Å². The smallest absolute Gasteiger partial charge is 0.148 e. The molecule has 0 saturated carbocycles. The maximum atomic E-state index is 5.35. The van der Waals surface area contributed by atoms with E-state index in [1.54, 1.807) is 0 Å². The Morgan fingerprint density at radius 2 is 1.54 bits per heavy atom. The molecule has 0 spiro atoms. The van der Waals surface area contributed by atoms with Gasteiger partial charge in [-0.1, -0.05) is 63.2 Å². The second-order valence-corrected chi connectivity index (χ2v) is 10.4. The molecule has 0 saturated heterocycles. The lowest BCUT2D eigenvalue weighted by Gasteiger charge is -2.22. The number of fused-ring (bicyclic) bond motifs is 6. The predicted molar refractivity (Wildman–Crippen MR) is 145 cm³/mol. The summed E-state index contributed by atoms with van der Waals surface area (Å²) in [6.45, 7) is 11.2. The van der Waals surface area contributed by atoms with Crippen LogP contribution in [0.25, 0.3) is 50.0 Å². The van der Waals surface area contributed by atoms with Gasteiger partial charge in [-0.05, 0) is 54.2 Å². The number of aryl methyl sites for hydroxylation is 2. The van der Waals surface area contributed by atoms with Gasteiger partial charge in [0.15, 0.2) is 0 Å². The summed E-state index contributed by atoms with van der Waals surface area (Å²) in [5.74, 6) is 0. The number of imidazole rings is 1. The standard InChI is InChI=1S/C31H28N4/c1-19-16-22(31(3,4)5)17-20(2)26(19)28-29(21-10-7-6-8-11-21)35-25-13-15-32-18-24(25)27-23(30(35)34-28)12-9-14-33-27/h6-18H,1-5H3. The number of benzene rings is 2. The maximum Gasteiger partial charge on any atom is 0.148 e. The molecule has 0 atom stereocenters. The van der Waals surface area contributed by atoms with Crippen molar-refractivity contribution in [2.24, 2.45) is 0 Å². The van der Waals surface area contributed by atoms with Crippen LogP contribution in [0.15, 0.2) is 79.3 Å². The molecule has 0 unspecified atom stereocenters. The minimum atomic E-state index is 0.0836. The molecule has 172 valence electrons. The fourth-order valence-corrected chi connectivity index (χ4v) is 5.21. The Morgan fingerprint density at radius 3 is 2.26 bits per heavy atom. The monoisotopic (exact) mass is 456 g/mol. The van der Waals surface area contributed by atoms with Gasteiger partial charge in [0.2, 0.25) is 0 Å². The minimum Gasteiger partial charge on any atom is -0.291 e. The Balaban J connectivity index is 1.82. The third kappa shape index (κ3) is 3.32. The summed E-state index contributed by atoms with van der Waals surface area (Å²) < 4.78 is 2.29. The SMILES string of the molecule is Cc1cc(C(C)(C)C)cc(C)c1-c1nc2c3cccnc3c3cnccc3n2c1-c1ccccc1. The van der Waals surface area contributed by atoms with Crippen molar-refractivity contribution in [2.75, 3.05) is 0 Å². The van der Waals surface area contributed by atoms with Crippen LogP contribution in [-0.4, -0.2) is 19.4 Å². The second-order valence-electron chi connectivity index (χ2n) is 10.4. The van der Waals surface area contributed by atoms with Crippen molar-refractivity contribution in [3.63, 3.8) is 0 Å². The molecule has 4 heterocycles. The van der Waals surface area contributed by atoms with E-state index in [-0.39, 0.29) is 5.41 Å². The van der Waals surface area contributed by atoms with Crippen LogP contribution >= 0.6 is 0 Å². The van der Waals surface area contributed by atoms with Crippen LogP contribution in [0.3, 0.4) is 0 Å². The highest BCUT2D eigenvalue weighted by atomic mass is 15.0. The number of aromatic nitrogens is 4. The van der Waals surface area contributed by atoms with Crippen molar-refractivity contribution < 1.29 is 0 Å². The van der Waals surface area contributed by atoms with Crippen molar-refractivity contribution in [2.45, 2.75) is 40.0 Å². The van der Waals surface area contributed by atoms with Crippen LogP contribution in [0.1, 0.15) is 37.5 Å². The van der Waals surface area contributed by atoms with E-state index in [0.717, 1.165) is 44.4 Å². The van der Waals surface area contributed by atoms with E-state index in [2.05, 4.69) is 98.6 Å². The predicted octanol–water partition coefficient (Wildman–Crippen LogP) is 7.68. The molecule has 4 nitrogen and oxygen atoms in total. The third-order valence-electron chi connectivity index (χ3n) is 6.90. The van der Waals surface area contributed by atoms with Crippen molar-refractivity contribution in [3.8, 4) is 22.5 Å². The molecular formula is C31H28N4. The van der Waals surface area contributed by atoms with Gasteiger partial charge in [-0.2, -0.15) is 0 Å². The Labute approximate surface area is 205 Å². The minimum absolute atomic E-state index is 0.0836. The molecule has 0 radical (unpaired) electrons. The number of pyridine rings is 3. The van der Waals surface area contributed by atoms with E-state index in [4.69, 9.17) is 9.97 Å². The summed E-state index contributed by atoms with van der Waals surface area (Å²) in [4.78, 5) is 14.5. The van der Waals surface area contributed by atoms with Gasteiger partial charge < -0.3 is 0 Å². The van der Waals surface area contributed by atoms with Crippen LogP contribution < -0.4 is 0 Å². The summed E-state index contributed by atoms with van der Waals surface area (Å²) in [7, 11) is 0. The van der Waals surface area contributed by atoms with Gasteiger partial charge in [0.25, 0.3) is 0 Å². The summed E-state index contributed by atoms with van der Waals surface area (Å²) in [6, 6.07) is 21.4. The Kier molecular flexibility index (Phi) is 4.75. The van der Waals surface area contributed by atoms with Gasteiger partial charge in [-0.25, -0.2) is 4.98 Å². The highest BCUT2D eigenvalue weighted by molar-refractivity contribution is 6.11. The van der Waals surface area contributed by atoms with Crippen LogP contribution in [0.2, 0.25) is 0 Å². The van der Waals surface area contributed by atoms with Gasteiger partial charge in [0, 0.05) is 40.5 Å². The zero-order valence-electron chi connectivity index (χ0n) is 20.8. The average molecular weight is 457 g/mol. The first-order valence-corrected chi connectivity index (χ1v) is 12.0. The first kappa shape index (κ1) is 21.5. The van der Waals surface area contributed by atoms with E-state index in [0.29, 0.717) is 0 Å². The van der Waals surface area contributed by atoms with Crippen molar-refractivity contribution >= 4 is 27.5 Å². The van der Waals surface area contributed by atoms with Crippen molar-refractivity contribution in [3.05, 3.63) is 95.9 Å². The maximum absolute atomic E-state index is 5.35. The third-order valence-corrected chi connectivity index (χ3v) is 6.90. The molecule has 4 aromatic heterocycles. The molecule has 0 aliphatic carbocycles. The van der Waals surface area contributed by atoms with Crippen LogP contribution in [0.5, 0.6) is 0 Å². The van der Waals surface area contributed by atoms with E-state index in [1.165, 1.54) is 22.3 Å². The lowest BCUT2D eigenvalue weighted by atomic mass is 9.83. The number of hydrogen-bond acceptors (Lipinski definition) is 3. The van der Waals surface area contributed by atoms with E-state index < -0.39 is 0 Å². The molecule has 2 aromatic carbocycles. The topological polar surface area (TPSA) is 43.1 Å². The highest BCUT2D eigenvalue weighted by Gasteiger charge is 2.24. The zero-order chi connectivity index (χ0) is 24.3. The average Bonchev–Trinajstić information content (AvgIpc) is 3.24. The fraction of sp³-hybridized carbons (Fsp3) is 0.194. The molecule has 35 heavy (non-hydrogen) atoms. The van der Waals surface area contributed by atoms with E-state index >= 15 is 0 Å². The number of nitrogens with zero attached hydrogens (tertiary/aromatic N) is 4. The first-order valence-electron chi connectivity index (χ1n) is 12.0. The molecule has 6 aromatic rings. The molecule has 6 rings (SSSR count). The molecule has 0 fully saturated rings. The summed E-state index contributed by atoms with van der Waals surface area (Å²) in [5, 5.41) is 2.05. The van der Waals surface area contributed by atoms with Gasteiger partial charge >= 0.3 is 0 Å². The Bertz CT molecular complexity index is 1710. The lowest BCUT2D eigenvalue weighted by Crippen LogP contribution is -2.12. The van der Waals surface area contributed by atoms with Crippen LogP contribution in [0.4, 0.5) is 0 Å². The number of hydrogen-bond donors (Lipinski definition) is 0. The second kappa shape index (κ2) is 7.74. The van der Waals surface area contributed by atoms with Gasteiger partial charge in [-0.15, -0.1) is 0 Å². The van der Waals surface area contributed by atoms with Crippen molar-refractivity contribution in [1.29, 1.82) is 0 Å². The zero-order valence-corrected chi connectivity index (χ0v) is 20.8. The van der Waals surface area contributed by atoms with E-state index in [1.807, 2.05) is 24.7 Å². The Morgan fingerprint density at radius 1 is 0.800 bits per heavy atom. The molecule has 0 aliphatic heterocycles. The normalized spacial score (nSPS) is 12.1. The summed E-state index contributed by atoms with van der Waals surface area (Å²) in [6.07, 6.45) is 5.60. The molecule has 0 bridgehead atoms. The largest absolute Gasteiger partial charge is 0.291 e. The van der Waals surface area contributed by atoms with E-state index in [9.17, 15) is 0 Å². The molecule has 4 heteroatoms. The summed E-state index contributed by atoms with van der Waals surface area (Å²) >= 11 is 0. The van der Waals surface area contributed by atoms with Gasteiger partial charge in [-0.3, -0.25) is 14.4 Å². The van der Waals surface area contributed by atoms with Crippen molar-refractivity contribution in [1.82, 2.24) is 19.4 Å². The van der Waals surface area contributed by atoms with Gasteiger partial charge in [0.1, 0.15) is 5.65 Å². The molecular weight excluding hydrogens is 428 g/mol. The first-order chi connectivity index (χ1) is 16.8. The summed E-state index contributed by atoms with van der Waals surface area (Å²) in [5.41, 5.74) is 11.2. The number of rotatable bonds is 2. The van der Waals surface area contributed by atoms with Gasteiger partial charge in [0.05, 0.1) is 22.4 Å². The Hall–Kier alpha value is -4.05. The molecule has 0 aliphatic rings. The molecule has 0 N–H and O–H groups in total. The quantitative estimate of drug-likeness (QED) is 0.251.